The van der Waals surface area contributed by atoms with E-state index >= 15 is 0 Å². The van der Waals surface area contributed by atoms with Crippen molar-refractivity contribution in [3.63, 3.8) is 0 Å². The third kappa shape index (κ3) is 3.86. The number of ether oxygens (including phenoxy) is 2. The van der Waals surface area contributed by atoms with Crippen LogP contribution in [0.25, 0.3) is 0 Å². The van der Waals surface area contributed by atoms with Crippen LogP contribution < -0.4 is 10.1 Å². The van der Waals surface area contributed by atoms with Crippen molar-refractivity contribution in [2.75, 3.05) is 26.1 Å². The van der Waals surface area contributed by atoms with Gasteiger partial charge in [0, 0.05) is 17.6 Å². The fourth-order valence-electron chi connectivity index (χ4n) is 1.33. The van der Waals surface area contributed by atoms with Crippen molar-refractivity contribution in [2.45, 2.75) is 6.04 Å². The number of rotatable bonds is 6. The summed E-state index contributed by atoms with van der Waals surface area (Å²) in [7, 11) is 3.00. The van der Waals surface area contributed by atoms with E-state index in [9.17, 15) is 4.79 Å². The number of hydrogen-bond acceptors (Lipinski definition) is 4. The SMILES string of the molecule is COCC(Nc1cc(OC)c(Br)cc1Br)C(=O)O. The number of carboxylic acid groups (broad SMARTS) is 1. The summed E-state index contributed by atoms with van der Waals surface area (Å²) >= 11 is 6.70. The summed E-state index contributed by atoms with van der Waals surface area (Å²) in [4.78, 5) is 11.0. The minimum absolute atomic E-state index is 0.0696. The lowest BCUT2D eigenvalue weighted by Gasteiger charge is -2.17. The predicted octanol–water partition coefficient (Wildman–Crippen LogP) is 2.73. The molecule has 0 saturated carbocycles. The highest BCUT2D eigenvalue weighted by atomic mass is 79.9. The van der Waals surface area contributed by atoms with Crippen LogP contribution in [0, 0.1) is 0 Å². The lowest BCUT2D eigenvalue weighted by atomic mass is 10.2. The van der Waals surface area contributed by atoms with Crippen LogP contribution in [0.15, 0.2) is 21.1 Å². The Morgan fingerprint density at radius 3 is 2.56 bits per heavy atom. The van der Waals surface area contributed by atoms with Gasteiger partial charge in [-0.2, -0.15) is 0 Å². The first kappa shape index (κ1) is 15.3. The number of aliphatic carboxylic acids is 1. The van der Waals surface area contributed by atoms with Gasteiger partial charge in [0.05, 0.1) is 23.9 Å². The van der Waals surface area contributed by atoms with Gasteiger partial charge in [-0.05, 0) is 37.9 Å². The van der Waals surface area contributed by atoms with Crippen LogP contribution in [0.4, 0.5) is 5.69 Å². The molecule has 0 amide bonds. The lowest BCUT2D eigenvalue weighted by Crippen LogP contribution is -2.33. The molecule has 0 aromatic heterocycles. The summed E-state index contributed by atoms with van der Waals surface area (Å²) < 4.78 is 11.5. The average Bonchev–Trinajstić information content (AvgIpc) is 2.31. The van der Waals surface area contributed by atoms with Crippen molar-refractivity contribution in [3.8, 4) is 5.75 Å². The quantitative estimate of drug-likeness (QED) is 0.791. The minimum atomic E-state index is -0.981. The Kier molecular flexibility index (Phi) is 5.90. The Balaban J connectivity index is 2.98. The molecule has 7 heteroatoms. The zero-order valence-corrected chi connectivity index (χ0v) is 13.0. The van der Waals surface area contributed by atoms with Crippen molar-refractivity contribution in [1.29, 1.82) is 0 Å². The van der Waals surface area contributed by atoms with E-state index in [4.69, 9.17) is 14.6 Å². The van der Waals surface area contributed by atoms with Gasteiger partial charge in [-0.1, -0.05) is 0 Å². The summed E-state index contributed by atoms with van der Waals surface area (Å²) in [5.41, 5.74) is 0.625. The molecule has 0 spiro atoms. The second-order valence-electron chi connectivity index (χ2n) is 3.46. The molecule has 1 atom stereocenters. The molecule has 18 heavy (non-hydrogen) atoms. The maximum atomic E-state index is 11.0. The Morgan fingerprint density at radius 1 is 1.39 bits per heavy atom. The average molecular weight is 383 g/mol. The van der Waals surface area contributed by atoms with Crippen molar-refractivity contribution >= 4 is 43.5 Å². The molecule has 0 saturated heterocycles. The van der Waals surface area contributed by atoms with Crippen molar-refractivity contribution in [1.82, 2.24) is 0 Å². The molecular formula is C11H13Br2NO4. The van der Waals surface area contributed by atoms with Crippen molar-refractivity contribution in [3.05, 3.63) is 21.1 Å². The largest absolute Gasteiger partial charge is 0.495 e. The number of methoxy groups -OCH3 is 2. The fourth-order valence-corrected chi connectivity index (χ4v) is 2.60. The van der Waals surface area contributed by atoms with E-state index in [1.165, 1.54) is 7.11 Å². The highest BCUT2D eigenvalue weighted by Gasteiger charge is 2.18. The van der Waals surface area contributed by atoms with E-state index in [2.05, 4.69) is 37.2 Å². The van der Waals surface area contributed by atoms with Gasteiger partial charge >= 0.3 is 5.97 Å². The third-order valence-electron chi connectivity index (χ3n) is 2.20. The number of carboxylic acids is 1. The topological polar surface area (TPSA) is 67.8 Å². The zero-order chi connectivity index (χ0) is 13.7. The molecule has 0 fully saturated rings. The first-order valence-corrected chi connectivity index (χ1v) is 6.59. The number of hydrogen-bond donors (Lipinski definition) is 2. The molecule has 0 aliphatic rings. The molecule has 1 aromatic carbocycles. The van der Waals surface area contributed by atoms with E-state index in [0.29, 0.717) is 11.4 Å². The Labute approximate surface area is 122 Å². The predicted molar refractivity (Wildman–Crippen MR) is 75.3 cm³/mol. The lowest BCUT2D eigenvalue weighted by molar-refractivity contribution is -0.139. The monoisotopic (exact) mass is 381 g/mol. The van der Waals surface area contributed by atoms with Gasteiger partial charge < -0.3 is 19.9 Å². The van der Waals surface area contributed by atoms with E-state index in [1.807, 2.05) is 0 Å². The van der Waals surface area contributed by atoms with E-state index in [-0.39, 0.29) is 6.61 Å². The van der Waals surface area contributed by atoms with Crippen LogP contribution in [-0.2, 0) is 9.53 Å². The highest BCUT2D eigenvalue weighted by Crippen LogP contribution is 2.34. The molecule has 1 unspecified atom stereocenters. The smallest absolute Gasteiger partial charge is 0.328 e. The number of benzene rings is 1. The molecule has 0 aliphatic carbocycles. The number of carbonyl (C=O) groups is 1. The molecule has 0 radical (unpaired) electrons. The van der Waals surface area contributed by atoms with Crippen LogP contribution in [0.2, 0.25) is 0 Å². The highest BCUT2D eigenvalue weighted by molar-refractivity contribution is 9.11. The molecule has 0 bridgehead atoms. The Hall–Kier alpha value is -0.790. The molecule has 1 aromatic rings. The number of nitrogens with one attached hydrogen (secondary N) is 1. The first-order valence-electron chi connectivity index (χ1n) is 5.01. The summed E-state index contributed by atoms with van der Waals surface area (Å²) in [6, 6.07) is 2.67. The van der Waals surface area contributed by atoms with Crippen LogP contribution in [0.5, 0.6) is 5.75 Å². The molecule has 1 rings (SSSR count). The van der Waals surface area contributed by atoms with Gasteiger partial charge in [0.1, 0.15) is 11.8 Å². The maximum absolute atomic E-state index is 11.0. The van der Waals surface area contributed by atoms with Gasteiger partial charge in [-0.15, -0.1) is 0 Å². The Morgan fingerprint density at radius 2 is 2.06 bits per heavy atom. The van der Waals surface area contributed by atoms with Gasteiger partial charge in [0.15, 0.2) is 0 Å². The van der Waals surface area contributed by atoms with Gasteiger partial charge in [0.2, 0.25) is 0 Å². The van der Waals surface area contributed by atoms with Crippen LogP contribution >= 0.6 is 31.9 Å². The minimum Gasteiger partial charge on any atom is -0.495 e. The van der Waals surface area contributed by atoms with E-state index in [0.717, 1.165) is 8.95 Å². The van der Waals surface area contributed by atoms with Gasteiger partial charge in [0.25, 0.3) is 0 Å². The second-order valence-corrected chi connectivity index (χ2v) is 5.17. The molecule has 0 aliphatic heterocycles. The first-order chi connectivity index (χ1) is 8.49. The summed E-state index contributed by atoms with van der Waals surface area (Å²) in [5, 5.41) is 11.9. The third-order valence-corrected chi connectivity index (χ3v) is 3.48. The van der Waals surface area contributed by atoms with Gasteiger partial charge in [-0.25, -0.2) is 4.79 Å². The summed E-state index contributed by atoms with van der Waals surface area (Å²) in [6.07, 6.45) is 0. The molecule has 0 heterocycles. The molecule has 2 N–H and O–H groups in total. The van der Waals surface area contributed by atoms with Crippen LogP contribution in [0.1, 0.15) is 0 Å². The normalized spacial score (nSPS) is 12.0. The zero-order valence-electron chi connectivity index (χ0n) is 9.87. The van der Waals surface area contributed by atoms with Gasteiger partial charge in [-0.3, -0.25) is 0 Å². The summed E-state index contributed by atoms with van der Waals surface area (Å²) in [6.45, 7) is 0.0696. The standard InChI is InChI=1S/C11H13Br2NO4/c1-17-5-9(11(15)16)14-8-4-10(18-2)7(13)3-6(8)12/h3-4,9,14H,5H2,1-2H3,(H,15,16). The van der Waals surface area contributed by atoms with E-state index < -0.39 is 12.0 Å². The van der Waals surface area contributed by atoms with E-state index in [1.54, 1.807) is 19.2 Å². The molecule has 5 nitrogen and oxygen atoms in total. The number of halogens is 2. The van der Waals surface area contributed by atoms with Crippen molar-refractivity contribution in [2.24, 2.45) is 0 Å². The molecule has 100 valence electrons. The molecular weight excluding hydrogens is 370 g/mol. The maximum Gasteiger partial charge on any atom is 0.328 e. The van der Waals surface area contributed by atoms with Crippen LogP contribution in [-0.4, -0.2) is 37.9 Å². The van der Waals surface area contributed by atoms with Crippen molar-refractivity contribution < 1.29 is 19.4 Å². The number of anilines is 1. The van der Waals surface area contributed by atoms with Crippen LogP contribution in [0.3, 0.4) is 0 Å². The second kappa shape index (κ2) is 6.96. The Bertz CT molecular complexity index is 439. The summed E-state index contributed by atoms with van der Waals surface area (Å²) in [5.74, 6) is -0.368. The fraction of sp³-hybridized carbons (Fsp3) is 0.364.